The van der Waals surface area contributed by atoms with Gasteiger partial charge in [0, 0.05) is 31.2 Å². The first-order valence-electron chi connectivity index (χ1n) is 6.98. The highest BCUT2D eigenvalue weighted by molar-refractivity contribution is 7.98. The fraction of sp³-hybridized carbons (Fsp3) is 0.533. The van der Waals surface area contributed by atoms with E-state index < -0.39 is 0 Å². The molecule has 0 unspecified atom stereocenters. The molecule has 1 aliphatic heterocycles. The van der Waals surface area contributed by atoms with Crippen LogP contribution in [0.1, 0.15) is 32.3 Å². The zero-order valence-electron chi connectivity index (χ0n) is 12.7. The van der Waals surface area contributed by atoms with Crippen LogP contribution in [0.25, 0.3) is 0 Å². The molecule has 112 valence electrons. The topological polar surface area (TPSA) is 64.0 Å². The first kappa shape index (κ1) is 14.4. The third kappa shape index (κ3) is 2.31. The zero-order chi connectivity index (χ0) is 15.4. The molecule has 6 heteroatoms. The van der Waals surface area contributed by atoms with Crippen molar-refractivity contribution in [1.82, 2.24) is 9.55 Å². The molecule has 5 nitrogen and oxygen atoms in total. The summed E-state index contributed by atoms with van der Waals surface area (Å²) in [6.07, 6.45) is 3.66. The minimum absolute atomic E-state index is 0.0392. The van der Waals surface area contributed by atoms with Crippen molar-refractivity contribution in [1.29, 1.82) is 0 Å². The third-order valence-corrected chi connectivity index (χ3v) is 4.87. The van der Waals surface area contributed by atoms with Crippen LogP contribution in [0.3, 0.4) is 0 Å². The van der Waals surface area contributed by atoms with Crippen molar-refractivity contribution in [2.75, 3.05) is 11.6 Å². The molecule has 3 rings (SSSR count). The van der Waals surface area contributed by atoms with E-state index in [2.05, 4.69) is 24.1 Å². The lowest BCUT2D eigenvalue weighted by Crippen LogP contribution is -2.35. The summed E-state index contributed by atoms with van der Waals surface area (Å²) in [6, 6.07) is 0. The number of rotatable bonds is 1. The Morgan fingerprint density at radius 2 is 2.00 bits per heavy atom. The highest BCUT2D eigenvalue weighted by atomic mass is 32.2. The van der Waals surface area contributed by atoms with Gasteiger partial charge < -0.3 is 5.32 Å². The molecule has 1 N–H and O–H groups in total. The molecule has 0 bridgehead atoms. The summed E-state index contributed by atoms with van der Waals surface area (Å²) in [5.74, 6) is 0.766. The van der Waals surface area contributed by atoms with Gasteiger partial charge in [-0.25, -0.2) is 4.98 Å². The van der Waals surface area contributed by atoms with Crippen LogP contribution in [0, 0.1) is 5.41 Å². The van der Waals surface area contributed by atoms with E-state index in [9.17, 15) is 9.59 Å². The summed E-state index contributed by atoms with van der Waals surface area (Å²) in [4.78, 5) is 29.3. The lowest BCUT2D eigenvalue weighted by molar-refractivity contribution is -0.118. The number of ketones is 1. The van der Waals surface area contributed by atoms with E-state index in [0.717, 1.165) is 17.7 Å². The SMILES string of the molecule is CSc1nc2c(c(=O)n1C)CC1=C(CC(C)(C)CC1=O)N2. The number of Topliss-reactive ketones (excluding diaryl/α,β-unsaturated/α-hetero) is 1. The van der Waals surface area contributed by atoms with E-state index in [1.165, 1.54) is 11.8 Å². The summed E-state index contributed by atoms with van der Waals surface area (Å²) >= 11 is 1.44. The maximum atomic E-state index is 12.4. The van der Waals surface area contributed by atoms with Crippen molar-refractivity contribution in [3.8, 4) is 0 Å². The molecule has 0 saturated carbocycles. The molecule has 0 atom stereocenters. The summed E-state index contributed by atoms with van der Waals surface area (Å²) in [5, 5.41) is 3.93. The largest absolute Gasteiger partial charge is 0.343 e. The Labute approximate surface area is 127 Å². The predicted octanol–water partition coefficient (Wildman–Crippen LogP) is 2.11. The summed E-state index contributed by atoms with van der Waals surface area (Å²) in [6.45, 7) is 4.19. The third-order valence-electron chi connectivity index (χ3n) is 4.14. The monoisotopic (exact) mass is 305 g/mol. The van der Waals surface area contributed by atoms with Crippen molar-refractivity contribution in [3.63, 3.8) is 0 Å². The summed E-state index contributed by atoms with van der Waals surface area (Å²) in [7, 11) is 1.72. The predicted molar refractivity (Wildman–Crippen MR) is 83.6 cm³/mol. The minimum Gasteiger partial charge on any atom is -0.343 e. The Hall–Kier alpha value is -1.56. The number of nitrogens with one attached hydrogen (secondary N) is 1. The molecule has 2 heterocycles. The standard InChI is InChI=1S/C15H19N3O2S/c1-15(2)6-10-8(11(19)7-15)5-9-12(16-10)17-14(21-4)18(3)13(9)20/h16H,5-7H2,1-4H3. The highest BCUT2D eigenvalue weighted by Gasteiger charge is 2.36. The second-order valence-corrected chi connectivity index (χ2v) is 7.26. The Morgan fingerprint density at radius 3 is 2.67 bits per heavy atom. The van der Waals surface area contributed by atoms with Crippen LogP contribution in [-0.2, 0) is 18.3 Å². The number of aromatic nitrogens is 2. The zero-order valence-corrected chi connectivity index (χ0v) is 13.6. The van der Waals surface area contributed by atoms with Crippen molar-refractivity contribution in [2.24, 2.45) is 12.5 Å². The first-order valence-corrected chi connectivity index (χ1v) is 8.21. The van der Waals surface area contributed by atoms with Crippen LogP contribution in [0.2, 0.25) is 0 Å². The number of hydrogen-bond acceptors (Lipinski definition) is 5. The molecule has 1 aromatic heterocycles. The number of fused-ring (bicyclic) bond motifs is 1. The molecule has 21 heavy (non-hydrogen) atoms. The van der Waals surface area contributed by atoms with Gasteiger partial charge >= 0.3 is 0 Å². The quantitative estimate of drug-likeness (QED) is 0.636. The number of carbonyl (C=O) groups is 1. The maximum Gasteiger partial charge on any atom is 0.259 e. The highest BCUT2D eigenvalue weighted by Crippen LogP contribution is 2.40. The lowest BCUT2D eigenvalue weighted by Gasteiger charge is -2.35. The molecule has 0 radical (unpaired) electrons. The van der Waals surface area contributed by atoms with Gasteiger partial charge in [-0.1, -0.05) is 25.6 Å². The van der Waals surface area contributed by atoms with E-state index in [0.29, 0.717) is 29.4 Å². The average Bonchev–Trinajstić information content (AvgIpc) is 2.40. The van der Waals surface area contributed by atoms with E-state index in [1.807, 2.05) is 6.26 Å². The van der Waals surface area contributed by atoms with Crippen molar-refractivity contribution in [3.05, 3.63) is 27.2 Å². The van der Waals surface area contributed by atoms with Gasteiger partial charge in [0.1, 0.15) is 5.82 Å². The van der Waals surface area contributed by atoms with Crippen LogP contribution in [0.4, 0.5) is 5.82 Å². The molecule has 2 aliphatic rings. The van der Waals surface area contributed by atoms with Crippen LogP contribution >= 0.6 is 11.8 Å². The van der Waals surface area contributed by atoms with Crippen LogP contribution in [-0.4, -0.2) is 21.6 Å². The lowest BCUT2D eigenvalue weighted by atomic mass is 9.74. The summed E-state index contributed by atoms with van der Waals surface area (Å²) in [5.41, 5.74) is 2.19. The van der Waals surface area contributed by atoms with Gasteiger partial charge in [0.05, 0.1) is 5.56 Å². The van der Waals surface area contributed by atoms with Gasteiger partial charge in [-0.3, -0.25) is 14.2 Å². The molecular weight excluding hydrogens is 286 g/mol. The molecule has 0 aromatic carbocycles. The van der Waals surface area contributed by atoms with Crippen molar-refractivity contribution < 1.29 is 4.79 Å². The second kappa shape index (κ2) is 4.73. The van der Waals surface area contributed by atoms with E-state index in [-0.39, 0.29) is 16.8 Å². The number of allylic oxidation sites excluding steroid dienone is 2. The van der Waals surface area contributed by atoms with Crippen LogP contribution in [0.15, 0.2) is 21.2 Å². The molecule has 1 aliphatic carbocycles. The van der Waals surface area contributed by atoms with Gasteiger partial charge in [-0.05, 0) is 18.1 Å². The molecule has 0 amide bonds. The van der Waals surface area contributed by atoms with E-state index in [1.54, 1.807) is 11.6 Å². The van der Waals surface area contributed by atoms with Crippen LogP contribution < -0.4 is 10.9 Å². The van der Waals surface area contributed by atoms with Gasteiger partial charge in [-0.15, -0.1) is 0 Å². The molecule has 0 spiro atoms. The Bertz CT molecular complexity index is 731. The average molecular weight is 305 g/mol. The second-order valence-electron chi connectivity index (χ2n) is 6.49. The van der Waals surface area contributed by atoms with E-state index in [4.69, 9.17) is 0 Å². The van der Waals surface area contributed by atoms with Gasteiger partial charge in [0.15, 0.2) is 10.9 Å². The number of nitrogens with zero attached hydrogens (tertiary/aromatic N) is 2. The first-order chi connectivity index (χ1) is 9.82. The number of hydrogen-bond donors (Lipinski definition) is 1. The van der Waals surface area contributed by atoms with Crippen LogP contribution in [0.5, 0.6) is 0 Å². The van der Waals surface area contributed by atoms with Crippen molar-refractivity contribution in [2.45, 2.75) is 38.3 Å². The Morgan fingerprint density at radius 1 is 1.29 bits per heavy atom. The van der Waals surface area contributed by atoms with Gasteiger partial charge in [0.25, 0.3) is 5.56 Å². The fourth-order valence-corrected chi connectivity index (χ4v) is 3.62. The number of anilines is 1. The van der Waals surface area contributed by atoms with E-state index >= 15 is 0 Å². The number of carbonyl (C=O) groups excluding carboxylic acids is 1. The molecule has 0 saturated heterocycles. The molecular formula is C15H19N3O2S. The minimum atomic E-state index is -0.0685. The molecule has 0 fully saturated rings. The van der Waals surface area contributed by atoms with Gasteiger partial charge in [0.2, 0.25) is 0 Å². The Kier molecular flexibility index (Phi) is 3.24. The molecule has 1 aromatic rings. The number of thioether (sulfide) groups is 1. The maximum absolute atomic E-state index is 12.4. The fourth-order valence-electron chi connectivity index (χ4n) is 3.08. The van der Waals surface area contributed by atoms with Gasteiger partial charge in [-0.2, -0.15) is 0 Å². The Balaban J connectivity index is 2.10. The smallest absolute Gasteiger partial charge is 0.259 e. The van der Waals surface area contributed by atoms with Crippen molar-refractivity contribution >= 4 is 23.4 Å². The normalized spacial score (nSPS) is 19.9. The summed E-state index contributed by atoms with van der Waals surface area (Å²) < 4.78 is 1.55.